The Morgan fingerprint density at radius 2 is 1.07 bits per heavy atom. The van der Waals surface area contributed by atoms with Gasteiger partial charge in [0, 0.05) is 16.9 Å². The summed E-state index contributed by atoms with van der Waals surface area (Å²) in [6.07, 6.45) is 0. The molecular weight excluding hydrogens is 382 g/mol. The number of halogens is 1. The zero-order valence-electron chi connectivity index (χ0n) is 15.6. The Labute approximate surface area is 173 Å². The highest BCUT2D eigenvalue weighted by Crippen LogP contribution is 2.61. The predicted octanol–water partition coefficient (Wildman–Crippen LogP) is 4.73. The molecule has 1 fully saturated rings. The third kappa shape index (κ3) is 2.19. The van der Waals surface area contributed by atoms with Gasteiger partial charge in [-0.15, -0.1) is 0 Å². The molecule has 3 aliphatic carbocycles. The lowest BCUT2D eigenvalue weighted by atomic mass is 9.55. The molecule has 29 heavy (non-hydrogen) atoms. The smallest absolute Gasteiger partial charge is 0.234 e. The molecule has 3 aromatic carbocycles. The van der Waals surface area contributed by atoms with E-state index in [1.807, 2.05) is 42.5 Å². The number of amides is 2. The average Bonchev–Trinajstić information content (AvgIpc) is 3.01. The van der Waals surface area contributed by atoms with Crippen LogP contribution in [0.15, 0.2) is 72.8 Å². The standard InChI is InChI=1S/C25H18ClNO2/c26-19-12-6-1-7-14(19)13-27-24(28)22-20-15-8-2-3-9-16(15)21(23(22)25(27)29)18-11-5-4-10-17(18)20/h1-12,20-23H,13H2/t20?,21?,22-,23-/m1/s1. The SMILES string of the molecule is O=C1[C@@H]2C3c4ccccc4C(c4ccccc43)[C@H]2C(=O)N1Cc1ccccc1Cl. The molecule has 0 aromatic heterocycles. The summed E-state index contributed by atoms with van der Waals surface area (Å²) in [5, 5.41) is 0.581. The Morgan fingerprint density at radius 1 is 0.655 bits per heavy atom. The van der Waals surface area contributed by atoms with E-state index in [4.69, 9.17) is 11.6 Å². The van der Waals surface area contributed by atoms with Crippen LogP contribution in [0.5, 0.6) is 0 Å². The summed E-state index contributed by atoms with van der Waals surface area (Å²) in [7, 11) is 0. The lowest BCUT2D eigenvalue weighted by Crippen LogP contribution is -2.41. The van der Waals surface area contributed by atoms with Gasteiger partial charge in [-0.1, -0.05) is 78.3 Å². The van der Waals surface area contributed by atoms with Gasteiger partial charge in [0.05, 0.1) is 18.4 Å². The normalized spacial score (nSPS) is 26.3. The Kier molecular flexibility index (Phi) is 3.54. The van der Waals surface area contributed by atoms with E-state index in [-0.39, 0.29) is 42.0 Å². The zero-order valence-corrected chi connectivity index (χ0v) is 16.3. The minimum Gasteiger partial charge on any atom is -0.277 e. The van der Waals surface area contributed by atoms with E-state index in [0.29, 0.717) is 5.02 Å². The number of likely N-dealkylation sites (tertiary alicyclic amines) is 1. The van der Waals surface area contributed by atoms with Gasteiger partial charge < -0.3 is 0 Å². The lowest BCUT2D eigenvalue weighted by molar-refractivity contribution is -0.140. The van der Waals surface area contributed by atoms with Crippen LogP contribution in [0.3, 0.4) is 0 Å². The average molecular weight is 400 g/mol. The molecule has 3 aromatic rings. The van der Waals surface area contributed by atoms with E-state index >= 15 is 0 Å². The van der Waals surface area contributed by atoms with E-state index in [9.17, 15) is 9.59 Å². The molecule has 0 spiro atoms. The fraction of sp³-hybridized carbons (Fsp3) is 0.200. The van der Waals surface area contributed by atoms with Crippen molar-refractivity contribution in [3.8, 4) is 0 Å². The third-order valence-electron chi connectivity index (χ3n) is 6.83. The predicted molar refractivity (Wildman–Crippen MR) is 111 cm³/mol. The molecule has 7 rings (SSSR count). The number of benzene rings is 3. The second kappa shape index (κ2) is 6.04. The summed E-state index contributed by atoms with van der Waals surface area (Å²) < 4.78 is 0. The Hall–Kier alpha value is -2.91. The van der Waals surface area contributed by atoms with Crippen LogP contribution in [0.1, 0.15) is 39.7 Å². The molecule has 1 heterocycles. The maximum atomic E-state index is 13.5. The highest BCUT2D eigenvalue weighted by Gasteiger charge is 2.61. The first-order chi connectivity index (χ1) is 14.2. The first-order valence-corrected chi connectivity index (χ1v) is 10.3. The van der Waals surface area contributed by atoms with E-state index in [2.05, 4.69) is 24.3 Å². The van der Waals surface area contributed by atoms with Crippen LogP contribution < -0.4 is 0 Å². The van der Waals surface area contributed by atoms with Gasteiger partial charge in [-0.25, -0.2) is 0 Å². The molecule has 1 saturated heterocycles. The van der Waals surface area contributed by atoms with Gasteiger partial charge in [0.2, 0.25) is 11.8 Å². The van der Waals surface area contributed by atoms with E-state index in [1.165, 1.54) is 27.2 Å². The molecule has 0 radical (unpaired) electrons. The van der Waals surface area contributed by atoms with Crippen molar-refractivity contribution in [2.45, 2.75) is 18.4 Å². The van der Waals surface area contributed by atoms with Crippen molar-refractivity contribution in [1.29, 1.82) is 0 Å². The van der Waals surface area contributed by atoms with Gasteiger partial charge in [0.15, 0.2) is 0 Å². The first kappa shape index (κ1) is 17.0. The van der Waals surface area contributed by atoms with Crippen molar-refractivity contribution in [2.75, 3.05) is 0 Å². The zero-order chi connectivity index (χ0) is 19.7. The van der Waals surface area contributed by atoms with Crippen molar-refractivity contribution in [3.63, 3.8) is 0 Å². The summed E-state index contributed by atoms with van der Waals surface area (Å²) in [6.45, 7) is 0.233. The number of carbonyl (C=O) groups is 2. The largest absolute Gasteiger partial charge is 0.277 e. The molecule has 3 nitrogen and oxygen atoms in total. The summed E-state index contributed by atoms with van der Waals surface area (Å²) in [5.41, 5.74) is 5.57. The van der Waals surface area contributed by atoms with Crippen LogP contribution in [-0.4, -0.2) is 16.7 Å². The maximum Gasteiger partial charge on any atom is 0.234 e. The lowest BCUT2D eigenvalue weighted by Gasteiger charge is -2.45. The van der Waals surface area contributed by atoms with E-state index in [1.54, 1.807) is 6.07 Å². The fourth-order valence-electron chi connectivity index (χ4n) is 5.69. The molecule has 4 aliphatic rings. The van der Waals surface area contributed by atoms with Crippen molar-refractivity contribution in [3.05, 3.63) is 106 Å². The first-order valence-electron chi connectivity index (χ1n) is 9.93. The minimum atomic E-state index is -0.334. The summed E-state index contributed by atoms with van der Waals surface area (Å²) >= 11 is 6.32. The Bertz CT molecular complexity index is 1070. The van der Waals surface area contributed by atoms with Gasteiger partial charge in [0.25, 0.3) is 0 Å². The number of hydrogen-bond donors (Lipinski definition) is 0. The van der Waals surface area contributed by atoms with Gasteiger partial charge >= 0.3 is 0 Å². The molecule has 0 saturated carbocycles. The third-order valence-corrected chi connectivity index (χ3v) is 7.19. The van der Waals surface area contributed by atoms with Crippen LogP contribution in [0, 0.1) is 11.8 Å². The molecule has 142 valence electrons. The maximum absolute atomic E-state index is 13.5. The Balaban J connectivity index is 1.49. The fourth-order valence-corrected chi connectivity index (χ4v) is 5.89. The number of nitrogens with zero attached hydrogens (tertiary/aromatic N) is 1. The van der Waals surface area contributed by atoms with E-state index in [0.717, 1.165) is 5.56 Å². The number of rotatable bonds is 2. The van der Waals surface area contributed by atoms with Crippen molar-refractivity contribution in [1.82, 2.24) is 4.90 Å². The van der Waals surface area contributed by atoms with Crippen LogP contribution in [-0.2, 0) is 16.1 Å². The van der Waals surface area contributed by atoms with Gasteiger partial charge in [-0.05, 0) is 33.9 Å². The Morgan fingerprint density at radius 3 is 1.52 bits per heavy atom. The molecule has 4 heteroatoms. The van der Waals surface area contributed by atoms with Gasteiger partial charge in [-0.3, -0.25) is 14.5 Å². The summed E-state index contributed by atoms with van der Waals surface area (Å²) in [5.74, 6) is -0.937. The second-order valence-corrected chi connectivity index (χ2v) is 8.53. The summed E-state index contributed by atoms with van der Waals surface area (Å²) in [6, 6.07) is 24.0. The number of imide groups is 1. The molecule has 0 unspecified atom stereocenters. The highest BCUT2D eigenvalue weighted by atomic mass is 35.5. The van der Waals surface area contributed by atoms with E-state index < -0.39 is 0 Å². The number of hydrogen-bond acceptors (Lipinski definition) is 2. The minimum absolute atomic E-state index is 0.0647. The quantitative estimate of drug-likeness (QED) is 0.584. The molecule has 2 atom stereocenters. The number of carbonyl (C=O) groups excluding carboxylic acids is 2. The molecule has 0 N–H and O–H groups in total. The molecule has 1 aliphatic heterocycles. The second-order valence-electron chi connectivity index (χ2n) is 8.12. The molecule has 2 amide bonds. The monoisotopic (exact) mass is 399 g/mol. The summed E-state index contributed by atoms with van der Waals surface area (Å²) in [4.78, 5) is 28.5. The van der Waals surface area contributed by atoms with Crippen LogP contribution in [0.25, 0.3) is 0 Å². The molecule has 2 bridgehead atoms. The van der Waals surface area contributed by atoms with Gasteiger partial charge in [0.1, 0.15) is 0 Å². The van der Waals surface area contributed by atoms with Crippen LogP contribution in [0.4, 0.5) is 0 Å². The van der Waals surface area contributed by atoms with Crippen molar-refractivity contribution < 1.29 is 9.59 Å². The van der Waals surface area contributed by atoms with Crippen LogP contribution in [0.2, 0.25) is 5.02 Å². The van der Waals surface area contributed by atoms with Crippen LogP contribution >= 0.6 is 11.6 Å². The highest BCUT2D eigenvalue weighted by molar-refractivity contribution is 6.31. The van der Waals surface area contributed by atoms with Crippen molar-refractivity contribution >= 4 is 23.4 Å². The topological polar surface area (TPSA) is 37.4 Å². The van der Waals surface area contributed by atoms with Crippen molar-refractivity contribution in [2.24, 2.45) is 11.8 Å². The molecular formula is C25H18ClNO2. The van der Waals surface area contributed by atoms with Gasteiger partial charge in [-0.2, -0.15) is 0 Å².